The first-order valence-electron chi connectivity index (χ1n) is 4.59. The molecule has 0 aromatic carbocycles. The molecule has 1 aromatic heterocycles. The molecule has 0 aliphatic heterocycles. The van der Waals surface area contributed by atoms with Gasteiger partial charge >= 0.3 is 0 Å². The van der Waals surface area contributed by atoms with Crippen molar-refractivity contribution in [3.63, 3.8) is 0 Å². The molecule has 1 aliphatic carbocycles. The number of amides is 1. The number of nitrogens with zero attached hydrogens (tertiary/aromatic N) is 3. The summed E-state index contributed by atoms with van der Waals surface area (Å²) in [7, 11) is 0. The van der Waals surface area contributed by atoms with E-state index in [4.69, 9.17) is 5.73 Å². The molecule has 0 spiro atoms. The average Bonchev–Trinajstić information content (AvgIpc) is 2.59. The standard InChI is InChI=1S/C8H13N5O/c1-5-2-6(5)11-7(14)3-13-4-10-8(9)12-13/h4-6H,2-3H2,1H3,(H2,9,12)(H,11,14). The summed E-state index contributed by atoms with van der Waals surface area (Å²) in [6.45, 7) is 2.30. The fourth-order valence-corrected chi connectivity index (χ4v) is 1.31. The second-order valence-corrected chi connectivity index (χ2v) is 3.69. The van der Waals surface area contributed by atoms with Crippen LogP contribution in [0.4, 0.5) is 5.95 Å². The molecule has 1 fully saturated rings. The van der Waals surface area contributed by atoms with E-state index in [1.54, 1.807) is 0 Å². The predicted molar refractivity (Wildman–Crippen MR) is 50.1 cm³/mol. The van der Waals surface area contributed by atoms with E-state index in [2.05, 4.69) is 22.3 Å². The lowest BCUT2D eigenvalue weighted by molar-refractivity contribution is -0.122. The van der Waals surface area contributed by atoms with E-state index in [-0.39, 0.29) is 18.4 Å². The van der Waals surface area contributed by atoms with Crippen LogP contribution in [0.2, 0.25) is 0 Å². The first-order valence-corrected chi connectivity index (χ1v) is 4.59. The molecule has 1 amide bonds. The molecule has 76 valence electrons. The smallest absolute Gasteiger partial charge is 0.242 e. The van der Waals surface area contributed by atoms with Gasteiger partial charge in [0.1, 0.15) is 12.9 Å². The third-order valence-electron chi connectivity index (χ3n) is 2.32. The quantitative estimate of drug-likeness (QED) is 0.673. The predicted octanol–water partition coefficient (Wildman–Crippen LogP) is -0.615. The van der Waals surface area contributed by atoms with Gasteiger partial charge in [-0.05, 0) is 12.3 Å². The fraction of sp³-hybridized carbons (Fsp3) is 0.625. The average molecular weight is 195 g/mol. The van der Waals surface area contributed by atoms with Gasteiger partial charge in [-0.3, -0.25) is 4.79 Å². The van der Waals surface area contributed by atoms with Crippen LogP contribution in [0.3, 0.4) is 0 Å². The first kappa shape index (κ1) is 8.98. The van der Waals surface area contributed by atoms with Gasteiger partial charge in [-0.2, -0.15) is 0 Å². The maximum absolute atomic E-state index is 11.4. The highest BCUT2D eigenvalue weighted by Crippen LogP contribution is 2.28. The van der Waals surface area contributed by atoms with Crippen LogP contribution in [0, 0.1) is 5.92 Å². The molecular weight excluding hydrogens is 182 g/mol. The van der Waals surface area contributed by atoms with Crippen molar-refractivity contribution in [2.24, 2.45) is 5.92 Å². The highest BCUT2D eigenvalue weighted by atomic mass is 16.2. The number of nitrogen functional groups attached to an aromatic ring is 1. The fourth-order valence-electron chi connectivity index (χ4n) is 1.31. The van der Waals surface area contributed by atoms with Gasteiger partial charge in [0.25, 0.3) is 0 Å². The largest absolute Gasteiger partial charge is 0.367 e. The van der Waals surface area contributed by atoms with Crippen LogP contribution in [0.5, 0.6) is 0 Å². The minimum Gasteiger partial charge on any atom is -0.367 e. The summed E-state index contributed by atoms with van der Waals surface area (Å²) in [5.41, 5.74) is 5.32. The molecular formula is C8H13N5O. The van der Waals surface area contributed by atoms with Crippen molar-refractivity contribution in [2.45, 2.75) is 25.9 Å². The number of nitrogens with two attached hydrogens (primary N) is 1. The molecule has 0 bridgehead atoms. The Kier molecular flexibility index (Phi) is 2.11. The lowest BCUT2D eigenvalue weighted by Gasteiger charge is -2.02. The second kappa shape index (κ2) is 3.28. The van der Waals surface area contributed by atoms with Crippen molar-refractivity contribution in [1.29, 1.82) is 0 Å². The number of aromatic nitrogens is 3. The molecule has 6 nitrogen and oxygen atoms in total. The van der Waals surface area contributed by atoms with E-state index in [0.717, 1.165) is 6.42 Å². The van der Waals surface area contributed by atoms with Crippen molar-refractivity contribution >= 4 is 11.9 Å². The summed E-state index contributed by atoms with van der Waals surface area (Å²) in [6, 6.07) is 0.350. The van der Waals surface area contributed by atoms with E-state index in [0.29, 0.717) is 12.0 Å². The van der Waals surface area contributed by atoms with Crippen molar-refractivity contribution in [2.75, 3.05) is 5.73 Å². The highest BCUT2D eigenvalue weighted by Gasteiger charge is 2.33. The Labute approximate surface area is 81.5 Å². The highest BCUT2D eigenvalue weighted by molar-refractivity contribution is 5.76. The Hall–Kier alpha value is -1.59. The zero-order valence-corrected chi connectivity index (χ0v) is 7.97. The van der Waals surface area contributed by atoms with Crippen LogP contribution in [0.1, 0.15) is 13.3 Å². The Balaban J connectivity index is 1.82. The van der Waals surface area contributed by atoms with Crippen LogP contribution in [-0.2, 0) is 11.3 Å². The third-order valence-corrected chi connectivity index (χ3v) is 2.32. The zero-order chi connectivity index (χ0) is 10.1. The Morgan fingerprint density at radius 3 is 3.07 bits per heavy atom. The lowest BCUT2D eigenvalue weighted by Crippen LogP contribution is -2.30. The van der Waals surface area contributed by atoms with Gasteiger partial charge in [-0.1, -0.05) is 6.92 Å². The zero-order valence-electron chi connectivity index (χ0n) is 7.97. The van der Waals surface area contributed by atoms with Crippen LogP contribution < -0.4 is 11.1 Å². The van der Waals surface area contributed by atoms with Crippen LogP contribution in [0.15, 0.2) is 6.33 Å². The monoisotopic (exact) mass is 195 g/mol. The number of carbonyl (C=O) groups excluding carboxylic acids is 1. The summed E-state index contributed by atoms with van der Waals surface area (Å²) < 4.78 is 1.43. The molecule has 14 heavy (non-hydrogen) atoms. The van der Waals surface area contributed by atoms with Gasteiger partial charge in [-0.25, -0.2) is 9.67 Å². The summed E-state index contributed by atoms with van der Waals surface area (Å²) in [5.74, 6) is 0.765. The van der Waals surface area contributed by atoms with Crippen LogP contribution >= 0.6 is 0 Å². The Morgan fingerprint density at radius 2 is 2.57 bits per heavy atom. The molecule has 6 heteroatoms. The van der Waals surface area contributed by atoms with E-state index < -0.39 is 0 Å². The number of hydrogen-bond donors (Lipinski definition) is 2. The first-order chi connectivity index (χ1) is 6.65. The third kappa shape index (κ3) is 2.01. The normalized spacial score (nSPS) is 24.6. The molecule has 1 heterocycles. The molecule has 2 unspecified atom stereocenters. The molecule has 2 rings (SSSR count). The number of anilines is 1. The molecule has 3 N–H and O–H groups in total. The van der Waals surface area contributed by atoms with Crippen molar-refractivity contribution in [3.8, 4) is 0 Å². The maximum Gasteiger partial charge on any atom is 0.242 e. The van der Waals surface area contributed by atoms with E-state index in [9.17, 15) is 4.79 Å². The molecule has 1 aliphatic rings. The number of nitrogens with one attached hydrogen (secondary N) is 1. The molecule has 0 radical (unpaired) electrons. The number of rotatable bonds is 3. The van der Waals surface area contributed by atoms with Crippen LogP contribution in [-0.4, -0.2) is 26.7 Å². The van der Waals surface area contributed by atoms with Crippen molar-refractivity contribution < 1.29 is 4.79 Å². The van der Waals surface area contributed by atoms with Gasteiger partial charge in [0, 0.05) is 6.04 Å². The van der Waals surface area contributed by atoms with Gasteiger partial charge in [-0.15, -0.1) is 5.10 Å². The van der Waals surface area contributed by atoms with Gasteiger partial charge in [0.2, 0.25) is 11.9 Å². The van der Waals surface area contributed by atoms with E-state index >= 15 is 0 Å². The van der Waals surface area contributed by atoms with Crippen molar-refractivity contribution in [3.05, 3.63) is 6.33 Å². The summed E-state index contributed by atoms with van der Waals surface area (Å²) in [5, 5.41) is 6.71. The number of hydrogen-bond acceptors (Lipinski definition) is 4. The Bertz CT molecular complexity index is 347. The van der Waals surface area contributed by atoms with Gasteiger partial charge < -0.3 is 11.1 Å². The molecule has 0 saturated heterocycles. The molecule has 1 aromatic rings. The van der Waals surface area contributed by atoms with E-state index in [1.807, 2.05) is 0 Å². The minimum absolute atomic E-state index is 0.0377. The van der Waals surface area contributed by atoms with Crippen molar-refractivity contribution in [1.82, 2.24) is 20.1 Å². The lowest BCUT2D eigenvalue weighted by atomic mass is 10.4. The SMILES string of the molecule is CC1CC1NC(=O)Cn1cnc(N)n1. The minimum atomic E-state index is -0.0377. The molecule has 1 saturated carbocycles. The van der Waals surface area contributed by atoms with Gasteiger partial charge in [0.05, 0.1) is 0 Å². The summed E-state index contributed by atoms with van der Waals surface area (Å²) >= 11 is 0. The second-order valence-electron chi connectivity index (χ2n) is 3.69. The number of carbonyl (C=O) groups is 1. The van der Waals surface area contributed by atoms with Crippen LogP contribution in [0.25, 0.3) is 0 Å². The Morgan fingerprint density at radius 1 is 1.86 bits per heavy atom. The van der Waals surface area contributed by atoms with E-state index in [1.165, 1.54) is 11.0 Å². The topological polar surface area (TPSA) is 85.8 Å². The summed E-state index contributed by atoms with van der Waals surface area (Å²) in [6.07, 6.45) is 2.52. The summed E-state index contributed by atoms with van der Waals surface area (Å²) in [4.78, 5) is 15.1. The molecule has 2 atom stereocenters. The van der Waals surface area contributed by atoms with Gasteiger partial charge in [0.15, 0.2) is 0 Å². The maximum atomic E-state index is 11.4.